The quantitative estimate of drug-likeness (QED) is 0.838. The average Bonchev–Trinajstić information content (AvgIpc) is 3.17. The summed E-state index contributed by atoms with van der Waals surface area (Å²) in [4.78, 5) is 20.9. The second-order valence-electron chi connectivity index (χ2n) is 7.69. The molecule has 0 bridgehead atoms. The zero-order valence-corrected chi connectivity index (χ0v) is 15.2. The van der Waals surface area contributed by atoms with Gasteiger partial charge in [0.1, 0.15) is 11.5 Å². The summed E-state index contributed by atoms with van der Waals surface area (Å²) in [5.41, 5.74) is 1.20. The molecule has 3 aliphatic rings. The highest BCUT2D eigenvalue weighted by Gasteiger charge is 2.45. The molecule has 1 aromatic heterocycles. The van der Waals surface area contributed by atoms with Crippen LogP contribution in [0, 0.1) is 31.6 Å². The van der Waals surface area contributed by atoms with Gasteiger partial charge in [-0.2, -0.15) is 0 Å². The molecular weight excluding hydrogens is 320 g/mol. The number of ether oxygens (including phenoxy) is 1. The van der Waals surface area contributed by atoms with Gasteiger partial charge in [-0.05, 0) is 50.2 Å². The van der Waals surface area contributed by atoms with Crippen molar-refractivity contribution in [3.8, 4) is 0 Å². The van der Waals surface area contributed by atoms with Crippen molar-refractivity contribution >= 4 is 5.91 Å². The predicted molar refractivity (Wildman–Crippen MR) is 91.6 cm³/mol. The zero-order valence-electron chi connectivity index (χ0n) is 15.2. The van der Waals surface area contributed by atoms with E-state index >= 15 is 0 Å². The molecular formula is C19H28N2O4. The predicted octanol–water partition coefficient (Wildman–Crippen LogP) is 2.14. The van der Waals surface area contributed by atoms with Crippen LogP contribution in [-0.2, 0) is 20.9 Å². The minimum Gasteiger partial charge on any atom is -0.465 e. The molecule has 0 saturated carbocycles. The first-order valence-electron chi connectivity index (χ1n) is 9.42. The van der Waals surface area contributed by atoms with Crippen molar-refractivity contribution in [3.05, 3.63) is 23.2 Å². The van der Waals surface area contributed by atoms with Gasteiger partial charge in [-0.1, -0.05) is 0 Å². The Morgan fingerprint density at radius 3 is 2.84 bits per heavy atom. The van der Waals surface area contributed by atoms with Gasteiger partial charge in [0.25, 0.3) is 5.91 Å². The van der Waals surface area contributed by atoms with E-state index in [1.807, 2.05) is 6.92 Å². The van der Waals surface area contributed by atoms with Crippen LogP contribution in [0.15, 0.2) is 10.5 Å². The number of likely N-dealkylation sites (tertiary alicyclic amines) is 1. The van der Waals surface area contributed by atoms with E-state index in [4.69, 9.17) is 14.0 Å². The molecule has 0 unspecified atom stereocenters. The van der Waals surface area contributed by atoms with Crippen molar-refractivity contribution in [2.75, 3.05) is 39.5 Å². The molecule has 6 heteroatoms. The Morgan fingerprint density at radius 1 is 1.24 bits per heavy atom. The normalized spacial score (nSPS) is 30.5. The summed E-state index contributed by atoms with van der Waals surface area (Å²) in [5.74, 6) is 2.80. The number of furan rings is 1. The van der Waals surface area contributed by atoms with Crippen LogP contribution in [0.5, 0.6) is 0 Å². The molecule has 4 rings (SSSR count). The fraction of sp³-hybridized carbons (Fsp3) is 0.737. The van der Waals surface area contributed by atoms with Crippen LogP contribution < -0.4 is 0 Å². The van der Waals surface area contributed by atoms with Crippen molar-refractivity contribution in [3.63, 3.8) is 0 Å². The fourth-order valence-electron chi connectivity index (χ4n) is 4.38. The van der Waals surface area contributed by atoms with Crippen LogP contribution in [0.3, 0.4) is 0 Å². The molecule has 6 nitrogen and oxygen atoms in total. The number of carbonyl (C=O) groups is 1. The van der Waals surface area contributed by atoms with Gasteiger partial charge in [0, 0.05) is 19.6 Å². The maximum atomic E-state index is 12.9. The zero-order chi connectivity index (χ0) is 17.4. The Hall–Kier alpha value is -1.37. The van der Waals surface area contributed by atoms with Crippen LogP contribution in [-0.4, -0.2) is 55.3 Å². The van der Waals surface area contributed by atoms with E-state index in [9.17, 15) is 4.79 Å². The van der Waals surface area contributed by atoms with E-state index in [2.05, 4.69) is 17.9 Å². The molecule has 3 aliphatic heterocycles. The number of hydrogen-bond acceptors (Lipinski definition) is 5. The first kappa shape index (κ1) is 17.1. The monoisotopic (exact) mass is 348 g/mol. The lowest BCUT2D eigenvalue weighted by Gasteiger charge is -2.36. The number of carbonyl (C=O) groups excluding carboxylic acids is 1. The summed E-state index contributed by atoms with van der Waals surface area (Å²) in [6.45, 7) is 9.41. The number of hydrogen-bond donors (Lipinski definition) is 0. The second kappa shape index (κ2) is 7.09. The van der Waals surface area contributed by atoms with Gasteiger partial charge in [-0.3, -0.25) is 14.5 Å². The highest BCUT2D eigenvalue weighted by Crippen LogP contribution is 2.36. The number of aryl methyl sites for hydroxylation is 2. The summed E-state index contributed by atoms with van der Waals surface area (Å²) in [5, 5.41) is 1.59. The van der Waals surface area contributed by atoms with Gasteiger partial charge in [0.15, 0.2) is 0 Å². The first-order valence-corrected chi connectivity index (χ1v) is 9.42. The average molecular weight is 348 g/mol. The Bertz CT molecular complexity index is 603. The van der Waals surface area contributed by atoms with Crippen molar-refractivity contribution in [1.82, 2.24) is 9.96 Å². The summed E-state index contributed by atoms with van der Waals surface area (Å²) in [6, 6.07) is 2.12. The lowest BCUT2D eigenvalue weighted by Crippen LogP contribution is -2.47. The Balaban J connectivity index is 1.41. The van der Waals surface area contributed by atoms with Crippen molar-refractivity contribution in [2.24, 2.45) is 17.8 Å². The molecule has 0 radical (unpaired) electrons. The molecule has 0 spiro atoms. The largest absolute Gasteiger partial charge is 0.465 e. The SMILES string of the molecule is Cc1cc(CN2C[C@@H]3COC[C@@H](C(=O)N4CCCCO4)[C@@H]3C2)oc1C. The maximum absolute atomic E-state index is 12.9. The van der Waals surface area contributed by atoms with Gasteiger partial charge in [0.2, 0.25) is 0 Å². The van der Waals surface area contributed by atoms with E-state index in [0.29, 0.717) is 31.6 Å². The van der Waals surface area contributed by atoms with Crippen LogP contribution in [0.4, 0.5) is 0 Å². The third-order valence-electron chi connectivity index (χ3n) is 5.88. The molecule has 25 heavy (non-hydrogen) atoms. The van der Waals surface area contributed by atoms with Crippen molar-refractivity contribution < 1.29 is 18.8 Å². The highest BCUT2D eigenvalue weighted by molar-refractivity contribution is 5.78. The lowest BCUT2D eigenvalue weighted by molar-refractivity contribution is -0.207. The topological polar surface area (TPSA) is 55.2 Å². The molecule has 1 amide bonds. The Labute approximate surface area is 149 Å². The molecule has 3 atom stereocenters. The maximum Gasteiger partial charge on any atom is 0.251 e. The van der Waals surface area contributed by atoms with Crippen molar-refractivity contribution in [1.29, 1.82) is 0 Å². The number of hydroxylamine groups is 2. The van der Waals surface area contributed by atoms with Gasteiger partial charge in [-0.25, -0.2) is 5.06 Å². The van der Waals surface area contributed by atoms with E-state index in [1.165, 1.54) is 5.56 Å². The standard InChI is InChI=1S/C19H28N2O4/c1-13-7-16(25-14(13)2)9-20-8-15-11-23-12-18(17(15)10-20)19(22)21-5-3-4-6-24-21/h7,15,17-18H,3-6,8-12H2,1-2H3/t15-,17-,18-/m1/s1. The Morgan fingerprint density at radius 2 is 2.12 bits per heavy atom. The van der Waals surface area contributed by atoms with E-state index in [-0.39, 0.29) is 11.8 Å². The number of rotatable bonds is 3. The van der Waals surface area contributed by atoms with E-state index in [1.54, 1.807) is 5.06 Å². The van der Waals surface area contributed by atoms with Gasteiger partial charge < -0.3 is 9.15 Å². The minimum atomic E-state index is -0.0816. The molecule has 3 saturated heterocycles. The number of nitrogens with zero attached hydrogens (tertiary/aromatic N) is 2. The van der Waals surface area contributed by atoms with Crippen LogP contribution in [0.25, 0.3) is 0 Å². The van der Waals surface area contributed by atoms with Crippen LogP contribution in [0.2, 0.25) is 0 Å². The molecule has 3 fully saturated rings. The molecule has 138 valence electrons. The molecule has 0 aromatic carbocycles. The fourth-order valence-corrected chi connectivity index (χ4v) is 4.38. The number of amides is 1. The molecule has 0 N–H and O–H groups in total. The molecule has 4 heterocycles. The highest BCUT2D eigenvalue weighted by atomic mass is 16.7. The molecule has 1 aromatic rings. The minimum absolute atomic E-state index is 0.0816. The van der Waals surface area contributed by atoms with Gasteiger partial charge in [0.05, 0.1) is 32.3 Å². The van der Waals surface area contributed by atoms with E-state index in [0.717, 1.165) is 50.6 Å². The lowest BCUT2D eigenvalue weighted by atomic mass is 9.82. The van der Waals surface area contributed by atoms with Crippen molar-refractivity contribution in [2.45, 2.75) is 33.2 Å². The summed E-state index contributed by atoms with van der Waals surface area (Å²) >= 11 is 0. The second-order valence-corrected chi connectivity index (χ2v) is 7.69. The first-order chi connectivity index (χ1) is 12.1. The summed E-state index contributed by atoms with van der Waals surface area (Å²) in [6.07, 6.45) is 2.06. The smallest absolute Gasteiger partial charge is 0.251 e. The Kier molecular flexibility index (Phi) is 4.84. The third kappa shape index (κ3) is 3.48. The van der Waals surface area contributed by atoms with Crippen LogP contribution >= 0.6 is 0 Å². The summed E-state index contributed by atoms with van der Waals surface area (Å²) < 4.78 is 11.6. The van der Waals surface area contributed by atoms with Gasteiger partial charge >= 0.3 is 0 Å². The summed E-state index contributed by atoms with van der Waals surface area (Å²) in [7, 11) is 0. The van der Waals surface area contributed by atoms with Gasteiger partial charge in [-0.15, -0.1) is 0 Å². The van der Waals surface area contributed by atoms with Crippen LogP contribution in [0.1, 0.15) is 29.9 Å². The molecule has 0 aliphatic carbocycles. The third-order valence-corrected chi connectivity index (χ3v) is 5.88. The van der Waals surface area contributed by atoms with E-state index < -0.39 is 0 Å². The number of fused-ring (bicyclic) bond motifs is 1.